The van der Waals surface area contributed by atoms with E-state index in [4.69, 9.17) is 4.74 Å². The van der Waals surface area contributed by atoms with Crippen LogP contribution in [0.2, 0.25) is 0 Å². The lowest BCUT2D eigenvalue weighted by Crippen LogP contribution is -2.27. The van der Waals surface area contributed by atoms with Gasteiger partial charge in [0.05, 0.1) is 13.2 Å². The predicted octanol–water partition coefficient (Wildman–Crippen LogP) is 2.62. The Morgan fingerprint density at radius 1 is 1.19 bits per heavy atom. The van der Waals surface area contributed by atoms with E-state index in [-0.39, 0.29) is 11.9 Å². The van der Waals surface area contributed by atoms with Gasteiger partial charge in [0.1, 0.15) is 17.3 Å². The van der Waals surface area contributed by atoms with Crippen molar-refractivity contribution in [3.63, 3.8) is 0 Å². The molecule has 1 heterocycles. The minimum atomic E-state index is -0.199. The number of amides is 1. The van der Waals surface area contributed by atoms with Crippen LogP contribution >= 0.6 is 0 Å². The maximum absolute atomic E-state index is 12.2. The summed E-state index contributed by atoms with van der Waals surface area (Å²) in [6, 6.07) is 12.8. The summed E-state index contributed by atoms with van der Waals surface area (Å²) in [6.45, 7) is 1.93. The molecule has 0 spiro atoms. The number of carbonyl (C=O) groups excluding carboxylic acids is 1. The van der Waals surface area contributed by atoms with E-state index in [1.165, 1.54) is 0 Å². The highest BCUT2D eigenvalue weighted by atomic mass is 16.5. The molecule has 0 aliphatic carbocycles. The van der Waals surface area contributed by atoms with E-state index in [0.29, 0.717) is 11.5 Å². The van der Waals surface area contributed by atoms with Crippen LogP contribution in [0.4, 0.5) is 5.82 Å². The van der Waals surface area contributed by atoms with Crippen LogP contribution in [0.15, 0.2) is 42.5 Å². The second kappa shape index (κ2) is 6.74. The SMILES string of the molecule is CNc1cccc(C(=O)NC(C)c2ccc(OC)cc2)n1. The van der Waals surface area contributed by atoms with Crippen molar-refractivity contribution in [1.82, 2.24) is 10.3 Å². The van der Waals surface area contributed by atoms with E-state index >= 15 is 0 Å². The number of nitrogens with one attached hydrogen (secondary N) is 2. The summed E-state index contributed by atoms with van der Waals surface area (Å²) in [6.07, 6.45) is 0. The summed E-state index contributed by atoms with van der Waals surface area (Å²) >= 11 is 0. The predicted molar refractivity (Wildman–Crippen MR) is 82.7 cm³/mol. The number of methoxy groups -OCH3 is 1. The van der Waals surface area contributed by atoms with E-state index in [1.807, 2.05) is 37.3 Å². The quantitative estimate of drug-likeness (QED) is 0.886. The Labute approximate surface area is 124 Å². The maximum atomic E-state index is 12.2. The Balaban J connectivity index is 2.06. The molecule has 0 radical (unpaired) electrons. The van der Waals surface area contributed by atoms with Gasteiger partial charge in [-0.15, -0.1) is 0 Å². The molecule has 0 fully saturated rings. The van der Waals surface area contributed by atoms with Gasteiger partial charge in [0.2, 0.25) is 0 Å². The molecule has 0 aliphatic rings. The maximum Gasteiger partial charge on any atom is 0.270 e. The van der Waals surface area contributed by atoms with Crippen LogP contribution in [0.25, 0.3) is 0 Å². The van der Waals surface area contributed by atoms with Crippen molar-refractivity contribution in [1.29, 1.82) is 0 Å². The summed E-state index contributed by atoms with van der Waals surface area (Å²) in [5.41, 5.74) is 1.40. The molecule has 1 atom stereocenters. The number of hydrogen-bond acceptors (Lipinski definition) is 4. The second-order valence-electron chi connectivity index (χ2n) is 4.63. The van der Waals surface area contributed by atoms with Gasteiger partial charge in [-0.1, -0.05) is 18.2 Å². The second-order valence-corrected chi connectivity index (χ2v) is 4.63. The molecule has 1 aromatic heterocycles. The van der Waals surface area contributed by atoms with Gasteiger partial charge in [0.25, 0.3) is 5.91 Å². The first-order valence-electron chi connectivity index (χ1n) is 6.73. The molecule has 5 nitrogen and oxygen atoms in total. The molecule has 1 amide bonds. The van der Waals surface area contributed by atoms with Gasteiger partial charge in [-0.2, -0.15) is 0 Å². The molecular formula is C16H19N3O2. The highest BCUT2D eigenvalue weighted by Gasteiger charge is 2.13. The van der Waals surface area contributed by atoms with Gasteiger partial charge >= 0.3 is 0 Å². The fourth-order valence-corrected chi connectivity index (χ4v) is 1.95. The van der Waals surface area contributed by atoms with Crippen LogP contribution in [0, 0.1) is 0 Å². The van der Waals surface area contributed by atoms with Crippen molar-refractivity contribution in [2.75, 3.05) is 19.5 Å². The zero-order chi connectivity index (χ0) is 15.2. The van der Waals surface area contributed by atoms with Gasteiger partial charge in [0.15, 0.2) is 0 Å². The molecule has 1 unspecified atom stereocenters. The molecule has 110 valence electrons. The standard InChI is InChI=1S/C16H19N3O2/c1-11(12-7-9-13(21-3)10-8-12)18-16(20)14-5-4-6-15(17-2)19-14/h4-11H,1-3H3,(H,17,19)(H,18,20). The third kappa shape index (κ3) is 3.72. The Morgan fingerprint density at radius 3 is 2.52 bits per heavy atom. The van der Waals surface area contributed by atoms with Gasteiger partial charge in [-0.25, -0.2) is 4.98 Å². The lowest BCUT2D eigenvalue weighted by Gasteiger charge is -2.14. The summed E-state index contributed by atoms with van der Waals surface area (Å²) in [4.78, 5) is 16.4. The number of hydrogen-bond donors (Lipinski definition) is 2. The van der Waals surface area contributed by atoms with Crippen LogP contribution in [-0.2, 0) is 0 Å². The smallest absolute Gasteiger partial charge is 0.270 e. The topological polar surface area (TPSA) is 63.2 Å². The van der Waals surface area contributed by atoms with Crippen molar-refractivity contribution < 1.29 is 9.53 Å². The van der Waals surface area contributed by atoms with E-state index in [2.05, 4.69) is 15.6 Å². The summed E-state index contributed by atoms with van der Waals surface area (Å²) in [5.74, 6) is 1.26. The van der Waals surface area contributed by atoms with E-state index in [0.717, 1.165) is 11.3 Å². The Kier molecular flexibility index (Phi) is 4.77. The largest absolute Gasteiger partial charge is 0.497 e. The van der Waals surface area contributed by atoms with Crippen LogP contribution < -0.4 is 15.4 Å². The molecule has 0 saturated heterocycles. The molecule has 21 heavy (non-hydrogen) atoms. The molecular weight excluding hydrogens is 266 g/mol. The van der Waals surface area contributed by atoms with E-state index in [1.54, 1.807) is 26.3 Å². The number of rotatable bonds is 5. The third-order valence-corrected chi connectivity index (χ3v) is 3.20. The number of nitrogens with zero attached hydrogens (tertiary/aromatic N) is 1. The number of aromatic nitrogens is 1. The third-order valence-electron chi connectivity index (χ3n) is 3.20. The summed E-state index contributed by atoms with van der Waals surface area (Å²) in [5, 5.41) is 5.85. The Hall–Kier alpha value is -2.56. The minimum absolute atomic E-state index is 0.108. The van der Waals surface area contributed by atoms with Gasteiger partial charge in [-0.05, 0) is 36.8 Å². The molecule has 5 heteroatoms. The molecule has 0 saturated carbocycles. The van der Waals surface area contributed by atoms with Crippen molar-refractivity contribution in [3.05, 3.63) is 53.7 Å². The fourth-order valence-electron chi connectivity index (χ4n) is 1.95. The van der Waals surface area contributed by atoms with Crippen LogP contribution in [-0.4, -0.2) is 25.0 Å². The zero-order valence-corrected chi connectivity index (χ0v) is 12.4. The lowest BCUT2D eigenvalue weighted by atomic mass is 10.1. The summed E-state index contributed by atoms with van der Waals surface area (Å²) < 4.78 is 5.12. The average Bonchev–Trinajstić information content (AvgIpc) is 2.54. The van der Waals surface area contributed by atoms with E-state index < -0.39 is 0 Å². The zero-order valence-electron chi connectivity index (χ0n) is 12.4. The van der Waals surface area contributed by atoms with E-state index in [9.17, 15) is 4.79 Å². The molecule has 2 N–H and O–H groups in total. The molecule has 0 bridgehead atoms. The summed E-state index contributed by atoms with van der Waals surface area (Å²) in [7, 11) is 3.39. The monoisotopic (exact) mass is 285 g/mol. The van der Waals surface area contributed by atoms with Crippen molar-refractivity contribution in [2.24, 2.45) is 0 Å². The highest BCUT2D eigenvalue weighted by molar-refractivity contribution is 5.92. The van der Waals surface area contributed by atoms with Crippen molar-refractivity contribution in [3.8, 4) is 5.75 Å². The average molecular weight is 285 g/mol. The molecule has 0 aliphatic heterocycles. The number of benzene rings is 1. The van der Waals surface area contributed by atoms with Gasteiger partial charge < -0.3 is 15.4 Å². The molecule has 1 aromatic carbocycles. The highest BCUT2D eigenvalue weighted by Crippen LogP contribution is 2.17. The molecule has 2 rings (SSSR count). The number of ether oxygens (including phenoxy) is 1. The Bertz CT molecular complexity index is 611. The number of carbonyl (C=O) groups is 1. The fraction of sp³-hybridized carbons (Fsp3) is 0.250. The first-order valence-corrected chi connectivity index (χ1v) is 6.73. The van der Waals surface area contributed by atoms with Crippen molar-refractivity contribution in [2.45, 2.75) is 13.0 Å². The number of pyridine rings is 1. The minimum Gasteiger partial charge on any atom is -0.497 e. The normalized spacial score (nSPS) is 11.6. The van der Waals surface area contributed by atoms with Crippen LogP contribution in [0.3, 0.4) is 0 Å². The molecule has 2 aromatic rings. The van der Waals surface area contributed by atoms with Gasteiger partial charge in [-0.3, -0.25) is 4.79 Å². The van der Waals surface area contributed by atoms with Gasteiger partial charge in [0, 0.05) is 7.05 Å². The lowest BCUT2D eigenvalue weighted by molar-refractivity contribution is 0.0935. The first kappa shape index (κ1) is 14.8. The van der Waals surface area contributed by atoms with Crippen LogP contribution in [0.1, 0.15) is 29.0 Å². The van der Waals surface area contributed by atoms with Crippen molar-refractivity contribution >= 4 is 11.7 Å². The number of anilines is 1. The first-order chi connectivity index (χ1) is 10.1. The van der Waals surface area contributed by atoms with Crippen LogP contribution in [0.5, 0.6) is 5.75 Å². The Morgan fingerprint density at radius 2 is 1.90 bits per heavy atom.